The van der Waals surface area contributed by atoms with Gasteiger partial charge in [-0.1, -0.05) is 18.2 Å². The van der Waals surface area contributed by atoms with Gasteiger partial charge in [0, 0.05) is 35.2 Å². The third kappa shape index (κ3) is 3.41. The number of hydrogen-bond acceptors (Lipinski definition) is 6. The summed E-state index contributed by atoms with van der Waals surface area (Å²) in [7, 11) is 0. The predicted molar refractivity (Wildman–Crippen MR) is 110 cm³/mol. The third-order valence-electron chi connectivity index (χ3n) is 4.53. The van der Waals surface area contributed by atoms with Crippen LogP contribution in [0.1, 0.15) is 10.5 Å². The Kier molecular flexibility index (Phi) is 4.18. The summed E-state index contributed by atoms with van der Waals surface area (Å²) in [5.74, 6) is 0.953. The Morgan fingerprint density at radius 2 is 1.76 bits per heavy atom. The van der Waals surface area contributed by atoms with Crippen LogP contribution in [0.5, 0.6) is 11.5 Å². The van der Waals surface area contributed by atoms with Gasteiger partial charge in [0.25, 0.3) is 5.91 Å². The number of carbonyl (C=O) groups excluding carboxylic acids is 1. The largest absolute Gasteiger partial charge is 0.454 e. The zero-order valence-electron chi connectivity index (χ0n) is 15.3. The number of carbonyl (C=O) groups is 1. The monoisotopic (exact) mass is 384 g/mol. The second-order valence-electron chi connectivity index (χ2n) is 6.46. The van der Waals surface area contributed by atoms with Gasteiger partial charge in [-0.05, 0) is 36.4 Å². The molecule has 0 saturated heterocycles. The molecular formula is C22H16N4O3. The fraction of sp³-hybridized carbons (Fsp3) is 0.0455. The van der Waals surface area contributed by atoms with Crippen LogP contribution < -0.4 is 20.1 Å². The lowest BCUT2D eigenvalue weighted by molar-refractivity contribution is 0.102. The van der Waals surface area contributed by atoms with Crippen LogP contribution in [0.25, 0.3) is 10.9 Å². The van der Waals surface area contributed by atoms with Gasteiger partial charge in [0.05, 0.1) is 11.2 Å². The van der Waals surface area contributed by atoms with Crippen molar-refractivity contribution in [3.05, 3.63) is 78.8 Å². The summed E-state index contributed by atoms with van der Waals surface area (Å²) in [6, 6.07) is 18.6. The zero-order valence-corrected chi connectivity index (χ0v) is 15.3. The molecule has 0 bridgehead atoms. The number of pyridine rings is 2. The zero-order chi connectivity index (χ0) is 19.6. The Morgan fingerprint density at radius 1 is 0.862 bits per heavy atom. The van der Waals surface area contributed by atoms with E-state index in [2.05, 4.69) is 20.6 Å². The van der Waals surface area contributed by atoms with Crippen LogP contribution in [0, 0.1) is 0 Å². The van der Waals surface area contributed by atoms with Crippen molar-refractivity contribution in [2.45, 2.75) is 0 Å². The first-order chi connectivity index (χ1) is 14.3. The van der Waals surface area contributed by atoms with E-state index in [0.717, 1.165) is 22.3 Å². The number of aromatic nitrogens is 2. The molecule has 1 amide bonds. The van der Waals surface area contributed by atoms with Gasteiger partial charge < -0.3 is 20.1 Å². The first kappa shape index (κ1) is 17.0. The highest BCUT2D eigenvalue weighted by Crippen LogP contribution is 2.34. The summed E-state index contributed by atoms with van der Waals surface area (Å²) in [4.78, 5) is 21.3. The Balaban J connectivity index is 1.37. The normalized spacial score (nSPS) is 12.0. The summed E-state index contributed by atoms with van der Waals surface area (Å²) >= 11 is 0. The number of para-hydroxylation sites is 1. The van der Waals surface area contributed by atoms with Gasteiger partial charge in [0.15, 0.2) is 11.5 Å². The predicted octanol–water partition coefficient (Wildman–Crippen LogP) is 4.35. The van der Waals surface area contributed by atoms with Gasteiger partial charge >= 0.3 is 0 Å². The van der Waals surface area contributed by atoms with E-state index >= 15 is 0 Å². The van der Waals surface area contributed by atoms with Crippen LogP contribution in [0.3, 0.4) is 0 Å². The molecule has 0 spiro atoms. The van der Waals surface area contributed by atoms with Crippen LogP contribution in [0.15, 0.2) is 73.1 Å². The van der Waals surface area contributed by atoms with Gasteiger partial charge in [0.1, 0.15) is 5.69 Å². The van der Waals surface area contributed by atoms with E-state index in [9.17, 15) is 4.79 Å². The number of ether oxygens (including phenoxy) is 2. The fourth-order valence-corrected chi connectivity index (χ4v) is 3.16. The molecular weight excluding hydrogens is 368 g/mol. The van der Waals surface area contributed by atoms with Gasteiger partial charge in [0.2, 0.25) is 6.79 Å². The van der Waals surface area contributed by atoms with E-state index in [1.165, 1.54) is 0 Å². The van der Waals surface area contributed by atoms with E-state index < -0.39 is 0 Å². The lowest BCUT2D eigenvalue weighted by atomic mass is 10.2. The Morgan fingerprint density at radius 3 is 2.72 bits per heavy atom. The highest BCUT2D eigenvalue weighted by atomic mass is 16.7. The number of anilines is 3. The molecule has 2 aromatic heterocycles. The maximum absolute atomic E-state index is 12.6. The highest BCUT2D eigenvalue weighted by molar-refractivity contribution is 6.03. The molecule has 0 fully saturated rings. The standard InChI is InChI=1S/C22H16N4O3/c27-22(26-15-6-7-19-20(12-15)29-13-28-19)18-11-16(8-10-23-18)25-17-5-1-3-14-4-2-9-24-21(14)17/h1-12H,13H2,(H,23,25)(H,26,27). The number of fused-ring (bicyclic) bond motifs is 2. The van der Waals surface area contributed by atoms with Crippen molar-refractivity contribution in [3.63, 3.8) is 0 Å². The number of nitrogens with one attached hydrogen (secondary N) is 2. The second kappa shape index (κ2) is 7.12. The number of rotatable bonds is 4. The van der Waals surface area contributed by atoms with Gasteiger partial charge in [-0.25, -0.2) is 0 Å². The van der Waals surface area contributed by atoms with Crippen molar-refractivity contribution in [3.8, 4) is 11.5 Å². The molecule has 2 aromatic carbocycles. The molecule has 7 nitrogen and oxygen atoms in total. The quantitative estimate of drug-likeness (QED) is 0.544. The van der Waals surface area contributed by atoms with Crippen molar-refractivity contribution >= 4 is 33.9 Å². The molecule has 0 aliphatic carbocycles. The van der Waals surface area contributed by atoms with Gasteiger partial charge in [-0.2, -0.15) is 0 Å². The average molecular weight is 384 g/mol. The average Bonchev–Trinajstić information content (AvgIpc) is 3.22. The fourth-order valence-electron chi connectivity index (χ4n) is 3.16. The van der Waals surface area contributed by atoms with Crippen LogP contribution in [0.2, 0.25) is 0 Å². The number of amides is 1. The van der Waals surface area contributed by atoms with Crippen molar-refractivity contribution in [2.24, 2.45) is 0 Å². The molecule has 29 heavy (non-hydrogen) atoms. The minimum absolute atomic E-state index is 0.186. The van der Waals surface area contributed by atoms with Crippen LogP contribution >= 0.6 is 0 Å². The smallest absolute Gasteiger partial charge is 0.274 e. The maximum Gasteiger partial charge on any atom is 0.274 e. The molecule has 1 aliphatic rings. The summed E-state index contributed by atoms with van der Waals surface area (Å²) in [5.41, 5.74) is 3.36. The first-order valence-electron chi connectivity index (χ1n) is 9.04. The lowest BCUT2D eigenvalue weighted by Gasteiger charge is -2.10. The Labute approximate surface area is 166 Å². The van der Waals surface area contributed by atoms with Gasteiger partial charge in [-0.3, -0.25) is 14.8 Å². The van der Waals surface area contributed by atoms with Crippen molar-refractivity contribution in [2.75, 3.05) is 17.4 Å². The van der Waals surface area contributed by atoms with Crippen molar-refractivity contribution < 1.29 is 14.3 Å². The SMILES string of the molecule is O=C(Nc1ccc2c(c1)OCO2)c1cc(Nc2cccc3cccnc23)ccn1. The van der Waals surface area contributed by atoms with Crippen molar-refractivity contribution in [1.29, 1.82) is 0 Å². The van der Waals surface area contributed by atoms with E-state index in [1.54, 1.807) is 42.7 Å². The molecule has 142 valence electrons. The molecule has 5 rings (SSSR count). The Hall–Kier alpha value is -4.13. The summed E-state index contributed by atoms with van der Waals surface area (Å²) in [6.07, 6.45) is 3.35. The summed E-state index contributed by atoms with van der Waals surface area (Å²) in [6.45, 7) is 0.186. The molecule has 0 saturated carbocycles. The third-order valence-corrected chi connectivity index (χ3v) is 4.53. The van der Waals surface area contributed by atoms with E-state index in [-0.39, 0.29) is 12.7 Å². The topological polar surface area (TPSA) is 85.4 Å². The minimum Gasteiger partial charge on any atom is -0.454 e. The number of nitrogens with zero attached hydrogens (tertiary/aromatic N) is 2. The van der Waals surface area contributed by atoms with Crippen LogP contribution in [-0.2, 0) is 0 Å². The van der Waals surface area contributed by atoms with Crippen LogP contribution in [0.4, 0.5) is 17.1 Å². The molecule has 0 atom stereocenters. The van der Waals surface area contributed by atoms with E-state index in [4.69, 9.17) is 9.47 Å². The van der Waals surface area contributed by atoms with E-state index in [0.29, 0.717) is 22.9 Å². The van der Waals surface area contributed by atoms with Crippen molar-refractivity contribution in [1.82, 2.24) is 9.97 Å². The molecule has 7 heteroatoms. The maximum atomic E-state index is 12.6. The molecule has 2 N–H and O–H groups in total. The molecule has 4 aromatic rings. The molecule has 0 radical (unpaired) electrons. The van der Waals surface area contributed by atoms with E-state index in [1.807, 2.05) is 30.3 Å². The Bertz CT molecular complexity index is 1220. The lowest BCUT2D eigenvalue weighted by Crippen LogP contribution is -2.13. The molecule has 0 unspecified atom stereocenters. The molecule has 3 heterocycles. The molecule has 1 aliphatic heterocycles. The number of benzene rings is 2. The second-order valence-corrected chi connectivity index (χ2v) is 6.46. The first-order valence-corrected chi connectivity index (χ1v) is 9.04. The number of hydrogen-bond donors (Lipinski definition) is 2. The van der Waals surface area contributed by atoms with Crippen LogP contribution in [-0.4, -0.2) is 22.7 Å². The van der Waals surface area contributed by atoms with Gasteiger partial charge in [-0.15, -0.1) is 0 Å². The minimum atomic E-state index is -0.316. The highest BCUT2D eigenvalue weighted by Gasteiger charge is 2.15. The summed E-state index contributed by atoms with van der Waals surface area (Å²) < 4.78 is 10.6. The summed E-state index contributed by atoms with van der Waals surface area (Å²) in [5, 5.41) is 7.19.